The predicted molar refractivity (Wildman–Crippen MR) is 86.2 cm³/mol. The van der Waals surface area contributed by atoms with Crippen molar-refractivity contribution in [3.63, 3.8) is 0 Å². The maximum absolute atomic E-state index is 12.7. The van der Waals surface area contributed by atoms with Crippen LogP contribution in [-0.4, -0.2) is 44.4 Å². The number of morpholine rings is 1. The molecule has 1 fully saturated rings. The van der Waals surface area contributed by atoms with Gasteiger partial charge in [0.1, 0.15) is 5.75 Å². The Balaban J connectivity index is 1.75. The first kappa shape index (κ1) is 16.1. The molecule has 23 heavy (non-hydrogen) atoms. The van der Waals surface area contributed by atoms with Gasteiger partial charge in [0.05, 0.1) is 13.2 Å². The Morgan fingerprint density at radius 1 is 1.09 bits per heavy atom. The number of benzene rings is 2. The van der Waals surface area contributed by atoms with Gasteiger partial charge in [0.15, 0.2) is 0 Å². The largest absolute Gasteiger partial charge is 0.435 e. The SMILES string of the molecule is FC(F)Oc1ccc2ccccc2c1CCCN1CCOCC1. The molecule has 2 aromatic rings. The van der Waals surface area contributed by atoms with Crippen molar-refractivity contribution in [1.29, 1.82) is 0 Å². The third-order valence-corrected chi connectivity index (χ3v) is 4.22. The molecule has 124 valence electrons. The van der Waals surface area contributed by atoms with E-state index in [9.17, 15) is 8.78 Å². The monoisotopic (exact) mass is 321 g/mol. The van der Waals surface area contributed by atoms with Gasteiger partial charge in [0.2, 0.25) is 0 Å². The summed E-state index contributed by atoms with van der Waals surface area (Å²) in [4.78, 5) is 2.35. The Kier molecular flexibility index (Phi) is 5.41. The molecule has 0 aliphatic carbocycles. The van der Waals surface area contributed by atoms with Crippen LogP contribution in [0.1, 0.15) is 12.0 Å². The summed E-state index contributed by atoms with van der Waals surface area (Å²) in [7, 11) is 0. The van der Waals surface area contributed by atoms with Crippen molar-refractivity contribution < 1.29 is 18.3 Å². The minimum atomic E-state index is -2.80. The van der Waals surface area contributed by atoms with Crippen LogP contribution < -0.4 is 4.74 Å². The predicted octanol–water partition coefficient (Wildman–Crippen LogP) is 3.71. The fourth-order valence-electron chi connectivity index (χ4n) is 3.08. The van der Waals surface area contributed by atoms with Crippen molar-refractivity contribution in [3.05, 3.63) is 42.0 Å². The zero-order valence-electron chi connectivity index (χ0n) is 13.0. The van der Waals surface area contributed by atoms with Crippen molar-refractivity contribution >= 4 is 10.8 Å². The highest BCUT2D eigenvalue weighted by atomic mass is 19.3. The summed E-state index contributed by atoms with van der Waals surface area (Å²) in [6, 6.07) is 11.3. The van der Waals surface area contributed by atoms with Gasteiger partial charge in [0.25, 0.3) is 0 Å². The van der Waals surface area contributed by atoms with E-state index in [4.69, 9.17) is 9.47 Å². The maximum atomic E-state index is 12.7. The van der Waals surface area contributed by atoms with Crippen LogP contribution in [0.15, 0.2) is 36.4 Å². The minimum Gasteiger partial charge on any atom is -0.435 e. The number of hydrogen-bond donors (Lipinski definition) is 0. The third-order valence-electron chi connectivity index (χ3n) is 4.22. The highest BCUT2D eigenvalue weighted by molar-refractivity contribution is 5.87. The second-order valence-corrected chi connectivity index (χ2v) is 5.70. The Labute approximate surface area is 134 Å². The average molecular weight is 321 g/mol. The lowest BCUT2D eigenvalue weighted by atomic mass is 9.99. The number of hydrogen-bond acceptors (Lipinski definition) is 3. The minimum absolute atomic E-state index is 0.292. The molecule has 0 spiro atoms. The molecule has 0 aromatic heterocycles. The molecule has 0 amide bonds. The van der Waals surface area contributed by atoms with Crippen LogP contribution in [0, 0.1) is 0 Å². The first-order valence-corrected chi connectivity index (χ1v) is 7.99. The van der Waals surface area contributed by atoms with Gasteiger partial charge in [-0.3, -0.25) is 4.90 Å². The maximum Gasteiger partial charge on any atom is 0.387 e. The average Bonchev–Trinajstić information content (AvgIpc) is 2.57. The topological polar surface area (TPSA) is 21.7 Å². The van der Waals surface area contributed by atoms with Crippen LogP contribution in [0.5, 0.6) is 5.75 Å². The normalized spacial score (nSPS) is 16.1. The van der Waals surface area contributed by atoms with Gasteiger partial charge in [-0.05, 0) is 36.2 Å². The van der Waals surface area contributed by atoms with E-state index in [-0.39, 0.29) is 0 Å². The number of halogens is 2. The van der Waals surface area contributed by atoms with E-state index in [0.29, 0.717) is 5.75 Å². The van der Waals surface area contributed by atoms with Crippen LogP contribution in [0.4, 0.5) is 8.78 Å². The Morgan fingerprint density at radius 2 is 1.87 bits per heavy atom. The summed E-state index contributed by atoms with van der Waals surface area (Å²) < 4.78 is 35.4. The first-order chi connectivity index (χ1) is 11.2. The number of fused-ring (bicyclic) bond motifs is 1. The summed E-state index contributed by atoms with van der Waals surface area (Å²) in [5.41, 5.74) is 0.872. The Bertz CT molecular complexity index is 642. The molecule has 0 N–H and O–H groups in total. The van der Waals surface area contributed by atoms with Gasteiger partial charge in [0, 0.05) is 18.7 Å². The zero-order valence-corrected chi connectivity index (χ0v) is 13.0. The van der Waals surface area contributed by atoms with E-state index in [2.05, 4.69) is 4.90 Å². The summed E-state index contributed by atoms with van der Waals surface area (Å²) >= 11 is 0. The van der Waals surface area contributed by atoms with Gasteiger partial charge < -0.3 is 9.47 Å². The lowest BCUT2D eigenvalue weighted by molar-refractivity contribution is -0.0503. The van der Waals surface area contributed by atoms with E-state index >= 15 is 0 Å². The van der Waals surface area contributed by atoms with Gasteiger partial charge in [-0.2, -0.15) is 8.78 Å². The van der Waals surface area contributed by atoms with Crippen molar-refractivity contribution in [3.8, 4) is 5.75 Å². The van der Waals surface area contributed by atoms with Crippen LogP contribution in [-0.2, 0) is 11.2 Å². The number of aryl methyl sites for hydroxylation is 1. The lowest BCUT2D eigenvalue weighted by Gasteiger charge is -2.26. The van der Waals surface area contributed by atoms with E-state index in [0.717, 1.165) is 62.0 Å². The Morgan fingerprint density at radius 3 is 2.65 bits per heavy atom. The second-order valence-electron chi connectivity index (χ2n) is 5.70. The Hall–Kier alpha value is -1.72. The van der Waals surface area contributed by atoms with Crippen molar-refractivity contribution in [2.75, 3.05) is 32.8 Å². The smallest absolute Gasteiger partial charge is 0.387 e. The summed E-state index contributed by atoms with van der Waals surface area (Å²) in [5.74, 6) is 0.292. The van der Waals surface area contributed by atoms with E-state index in [1.54, 1.807) is 6.07 Å². The highest BCUT2D eigenvalue weighted by Crippen LogP contribution is 2.30. The molecule has 5 heteroatoms. The van der Waals surface area contributed by atoms with Gasteiger partial charge >= 0.3 is 6.61 Å². The molecule has 1 heterocycles. The molecular weight excluding hydrogens is 300 g/mol. The molecule has 0 atom stereocenters. The number of rotatable bonds is 6. The molecule has 0 radical (unpaired) electrons. The summed E-state index contributed by atoms with van der Waals surface area (Å²) in [6.45, 7) is 1.57. The lowest BCUT2D eigenvalue weighted by Crippen LogP contribution is -2.36. The van der Waals surface area contributed by atoms with E-state index in [1.165, 1.54) is 0 Å². The standard InChI is InChI=1S/C18H21F2NO2/c19-18(20)23-17-8-7-14-4-1-2-5-15(14)16(17)6-3-9-21-10-12-22-13-11-21/h1-2,4-5,7-8,18H,3,6,9-13H2. The second kappa shape index (κ2) is 7.70. The van der Waals surface area contributed by atoms with Crippen LogP contribution in [0.25, 0.3) is 10.8 Å². The van der Waals surface area contributed by atoms with Crippen molar-refractivity contribution in [1.82, 2.24) is 4.90 Å². The van der Waals surface area contributed by atoms with Crippen molar-refractivity contribution in [2.45, 2.75) is 19.5 Å². The van der Waals surface area contributed by atoms with Gasteiger partial charge in [-0.25, -0.2) is 0 Å². The number of nitrogens with zero attached hydrogens (tertiary/aromatic N) is 1. The molecule has 3 rings (SSSR count). The van der Waals surface area contributed by atoms with E-state index < -0.39 is 6.61 Å². The fourth-order valence-corrected chi connectivity index (χ4v) is 3.08. The fraction of sp³-hybridized carbons (Fsp3) is 0.444. The van der Waals surface area contributed by atoms with Crippen molar-refractivity contribution in [2.24, 2.45) is 0 Å². The van der Waals surface area contributed by atoms with E-state index in [1.807, 2.05) is 30.3 Å². The summed E-state index contributed by atoms with van der Waals surface area (Å²) in [5, 5.41) is 2.04. The zero-order chi connectivity index (χ0) is 16.1. The quantitative estimate of drug-likeness (QED) is 0.810. The molecule has 1 aliphatic rings. The molecular formula is C18H21F2NO2. The van der Waals surface area contributed by atoms with Gasteiger partial charge in [-0.15, -0.1) is 0 Å². The number of ether oxygens (including phenoxy) is 2. The number of alkyl halides is 2. The molecule has 1 aliphatic heterocycles. The molecule has 0 bridgehead atoms. The van der Waals surface area contributed by atoms with Crippen LogP contribution in [0.2, 0.25) is 0 Å². The molecule has 3 nitrogen and oxygen atoms in total. The highest BCUT2D eigenvalue weighted by Gasteiger charge is 2.14. The molecule has 2 aromatic carbocycles. The summed E-state index contributed by atoms with van der Waals surface area (Å²) in [6.07, 6.45) is 1.63. The molecule has 0 unspecified atom stereocenters. The van der Waals surface area contributed by atoms with Gasteiger partial charge in [-0.1, -0.05) is 30.3 Å². The first-order valence-electron chi connectivity index (χ1n) is 7.99. The third kappa shape index (κ3) is 4.18. The van der Waals surface area contributed by atoms with Crippen LogP contribution >= 0.6 is 0 Å². The van der Waals surface area contributed by atoms with Crippen LogP contribution in [0.3, 0.4) is 0 Å². The molecule has 1 saturated heterocycles. The molecule has 0 saturated carbocycles.